The van der Waals surface area contributed by atoms with E-state index < -0.39 is 0 Å². The summed E-state index contributed by atoms with van der Waals surface area (Å²) in [6, 6.07) is 15.2. The normalized spacial score (nSPS) is 9.92. The Balaban J connectivity index is 0.00000288. The van der Waals surface area contributed by atoms with Crippen LogP contribution < -0.4 is 16.4 Å². The van der Waals surface area contributed by atoms with Gasteiger partial charge in [0.25, 0.3) is 5.91 Å². The van der Waals surface area contributed by atoms with Crippen molar-refractivity contribution >= 4 is 24.0 Å². The zero-order valence-electron chi connectivity index (χ0n) is 13.7. The molecule has 0 heterocycles. The summed E-state index contributed by atoms with van der Waals surface area (Å²) >= 11 is 0. The third kappa shape index (κ3) is 5.85. The summed E-state index contributed by atoms with van der Waals surface area (Å²) in [7, 11) is 1.67. The molecule has 0 aliphatic heterocycles. The molecule has 2 aromatic rings. The van der Waals surface area contributed by atoms with Gasteiger partial charge in [0, 0.05) is 38.0 Å². The Morgan fingerprint density at radius 3 is 2.50 bits per heavy atom. The Morgan fingerprint density at radius 1 is 1.12 bits per heavy atom. The summed E-state index contributed by atoms with van der Waals surface area (Å²) < 4.78 is 5.04. The van der Waals surface area contributed by atoms with Crippen LogP contribution in [0.25, 0.3) is 0 Å². The molecule has 0 radical (unpaired) electrons. The highest BCUT2D eigenvalue weighted by atomic mass is 35.5. The number of amides is 1. The molecule has 0 aliphatic rings. The van der Waals surface area contributed by atoms with E-state index in [9.17, 15) is 4.79 Å². The van der Waals surface area contributed by atoms with E-state index in [0.717, 1.165) is 23.4 Å². The highest BCUT2D eigenvalue weighted by Crippen LogP contribution is 2.14. The topological polar surface area (TPSA) is 76.4 Å². The lowest BCUT2D eigenvalue weighted by Crippen LogP contribution is -2.23. The maximum absolute atomic E-state index is 12.2. The van der Waals surface area contributed by atoms with Gasteiger partial charge in [-0.15, -0.1) is 12.4 Å². The van der Waals surface area contributed by atoms with Gasteiger partial charge in [0.2, 0.25) is 0 Å². The Kier molecular flexibility index (Phi) is 8.86. The Labute approximate surface area is 149 Å². The number of hydrogen-bond acceptors (Lipinski definition) is 4. The van der Waals surface area contributed by atoms with E-state index in [0.29, 0.717) is 25.3 Å². The van der Waals surface area contributed by atoms with Gasteiger partial charge in [-0.25, -0.2) is 0 Å². The number of benzene rings is 2. The third-order valence-corrected chi connectivity index (χ3v) is 3.53. The highest BCUT2D eigenvalue weighted by molar-refractivity contribution is 5.94. The standard InChI is InChI=1S/C18H23N3O2.ClH/c1-23-11-10-20-17-5-3-2-4-16(17)13-21-18(22)15-8-6-14(12-19)7-9-15;/h2-9,20H,10-13,19H2,1H3,(H,21,22);1H. The minimum atomic E-state index is -0.0970. The van der Waals surface area contributed by atoms with Crippen LogP contribution in [0.5, 0.6) is 0 Å². The molecule has 5 nitrogen and oxygen atoms in total. The van der Waals surface area contributed by atoms with Crippen LogP contribution >= 0.6 is 12.4 Å². The predicted molar refractivity (Wildman–Crippen MR) is 99.6 cm³/mol. The van der Waals surface area contributed by atoms with E-state index in [2.05, 4.69) is 10.6 Å². The molecule has 0 bridgehead atoms. The van der Waals surface area contributed by atoms with Crippen molar-refractivity contribution < 1.29 is 9.53 Å². The third-order valence-electron chi connectivity index (χ3n) is 3.53. The van der Waals surface area contributed by atoms with Crippen molar-refractivity contribution in [2.75, 3.05) is 25.6 Å². The zero-order chi connectivity index (χ0) is 16.5. The monoisotopic (exact) mass is 349 g/mol. The lowest BCUT2D eigenvalue weighted by atomic mass is 10.1. The Hall–Kier alpha value is -2.08. The first-order valence-electron chi connectivity index (χ1n) is 7.62. The van der Waals surface area contributed by atoms with E-state index in [-0.39, 0.29) is 18.3 Å². The van der Waals surface area contributed by atoms with Crippen LogP contribution in [0.2, 0.25) is 0 Å². The molecule has 2 aromatic carbocycles. The Bertz CT molecular complexity index is 632. The number of anilines is 1. The minimum absolute atomic E-state index is 0. The summed E-state index contributed by atoms with van der Waals surface area (Å²) in [4.78, 5) is 12.2. The number of rotatable bonds is 8. The number of carbonyl (C=O) groups is 1. The van der Waals surface area contributed by atoms with Gasteiger partial charge in [0.15, 0.2) is 0 Å². The fourth-order valence-electron chi connectivity index (χ4n) is 2.20. The number of ether oxygens (including phenoxy) is 1. The summed E-state index contributed by atoms with van der Waals surface area (Å²) in [5, 5.41) is 6.24. The molecule has 0 atom stereocenters. The second kappa shape index (κ2) is 10.6. The summed E-state index contributed by atoms with van der Waals surface area (Å²) in [6.07, 6.45) is 0. The van der Waals surface area contributed by atoms with Crippen LogP contribution in [0.15, 0.2) is 48.5 Å². The first kappa shape index (κ1) is 20.0. The van der Waals surface area contributed by atoms with Gasteiger partial charge >= 0.3 is 0 Å². The minimum Gasteiger partial charge on any atom is -0.383 e. The maximum atomic E-state index is 12.2. The first-order chi connectivity index (χ1) is 11.2. The van der Waals surface area contributed by atoms with Gasteiger partial charge in [0.1, 0.15) is 0 Å². The molecule has 0 unspecified atom stereocenters. The lowest BCUT2D eigenvalue weighted by Gasteiger charge is -2.12. The number of para-hydroxylation sites is 1. The van der Waals surface area contributed by atoms with Crippen LogP contribution in [-0.4, -0.2) is 26.2 Å². The second-order valence-corrected chi connectivity index (χ2v) is 5.16. The average Bonchev–Trinajstić information content (AvgIpc) is 2.61. The summed E-state index contributed by atoms with van der Waals surface area (Å²) in [5.41, 5.74) is 9.24. The fraction of sp³-hybridized carbons (Fsp3) is 0.278. The quantitative estimate of drug-likeness (QED) is 0.640. The molecule has 0 aliphatic carbocycles. The molecule has 0 saturated heterocycles. The van der Waals surface area contributed by atoms with E-state index in [1.807, 2.05) is 36.4 Å². The maximum Gasteiger partial charge on any atom is 0.251 e. The largest absolute Gasteiger partial charge is 0.383 e. The Morgan fingerprint density at radius 2 is 1.83 bits per heavy atom. The molecule has 4 N–H and O–H groups in total. The molecular formula is C18H24ClN3O2. The van der Waals surface area contributed by atoms with Gasteiger partial charge < -0.3 is 21.1 Å². The molecule has 0 saturated carbocycles. The first-order valence-corrected chi connectivity index (χ1v) is 7.62. The molecule has 1 amide bonds. The number of nitrogens with one attached hydrogen (secondary N) is 2. The van der Waals surface area contributed by atoms with Gasteiger partial charge in [0.05, 0.1) is 6.61 Å². The second-order valence-electron chi connectivity index (χ2n) is 5.16. The van der Waals surface area contributed by atoms with E-state index in [1.54, 1.807) is 19.2 Å². The molecule has 2 rings (SSSR count). The van der Waals surface area contributed by atoms with E-state index >= 15 is 0 Å². The average molecular weight is 350 g/mol. The fourth-order valence-corrected chi connectivity index (χ4v) is 2.20. The number of hydrogen-bond donors (Lipinski definition) is 3. The van der Waals surface area contributed by atoms with Crippen molar-refractivity contribution in [2.45, 2.75) is 13.1 Å². The molecule has 130 valence electrons. The molecule has 0 aromatic heterocycles. The number of carbonyl (C=O) groups excluding carboxylic acids is 1. The summed E-state index contributed by atoms with van der Waals surface area (Å²) in [6.45, 7) is 2.30. The van der Waals surface area contributed by atoms with Gasteiger partial charge in [-0.2, -0.15) is 0 Å². The molecule has 0 fully saturated rings. The number of nitrogens with two attached hydrogens (primary N) is 1. The van der Waals surface area contributed by atoms with Gasteiger partial charge in [-0.3, -0.25) is 4.79 Å². The molecule has 24 heavy (non-hydrogen) atoms. The number of methoxy groups -OCH3 is 1. The van der Waals surface area contributed by atoms with Crippen LogP contribution in [0, 0.1) is 0 Å². The molecular weight excluding hydrogens is 326 g/mol. The molecule has 6 heteroatoms. The zero-order valence-corrected chi connectivity index (χ0v) is 14.6. The molecule has 0 spiro atoms. The summed E-state index contributed by atoms with van der Waals surface area (Å²) in [5.74, 6) is -0.0970. The SMILES string of the molecule is COCCNc1ccccc1CNC(=O)c1ccc(CN)cc1.Cl. The van der Waals surface area contributed by atoms with Crippen molar-refractivity contribution in [3.05, 3.63) is 65.2 Å². The lowest BCUT2D eigenvalue weighted by molar-refractivity contribution is 0.0951. The van der Waals surface area contributed by atoms with E-state index in [4.69, 9.17) is 10.5 Å². The van der Waals surface area contributed by atoms with Gasteiger partial charge in [-0.05, 0) is 29.3 Å². The van der Waals surface area contributed by atoms with Crippen LogP contribution in [0.4, 0.5) is 5.69 Å². The van der Waals surface area contributed by atoms with Gasteiger partial charge in [-0.1, -0.05) is 30.3 Å². The highest BCUT2D eigenvalue weighted by Gasteiger charge is 2.07. The van der Waals surface area contributed by atoms with Crippen molar-refractivity contribution in [2.24, 2.45) is 5.73 Å². The predicted octanol–water partition coefficient (Wildman–Crippen LogP) is 2.56. The van der Waals surface area contributed by atoms with E-state index in [1.165, 1.54) is 0 Å². The number of halogens is 1. The smallest absolute Gasteiger partial charge is 0.251 e. The van der Waals surface area contributed by atoms with Crippen molar-refractivity contribution in [3.8, 4) is 0 Å². The van der Waals surface area contributed by atoms with Crippen LogP contribution in [0.1, 0.15) is 21.5 Å². The van der Waals surface area contributed by atoms with Crippen LogP contribution in [0.3, 0.4) is 0 Å². The van der Waals surface area contributed by atoms with Crippen molar-refractivity contribution in [1.29, 1.82) is 0 Å². The van der Waals surface area contributed by atoms with Crippen molar-refractivity contribution in [3.63, 3.8) is 0 Å². The van der Waals surface area contributed by atoms with Crippen molar-refractivity contribution in [1.82, 2.24) is 5.32 Å². The van der Waals surface area contributed by atoms with Crippen LogP contribution in [-0.2, 0) is 17.8 Å².